The summed E-state index contributed by atoms with van der Waals surface area (Å²) in [6.45, 7) is 0. The van der Waals surface area contributed by atoms with E-state index in [0.717, 1.165) is 5.56 Å². The molecule has 3 aromatic heterocycles. The van der Waals surface area contributed by atoms with Crippen molar-refractivity contribution in [1.29, 1.82) is 0 Å². The maximum absolute atomic E-state index is 11.7. The van der Waals surface area contributed by atoms with E-state index in [1.54, 1.807) is 24.7 Å². The number of hydrogen-bond acceptors (Lipinski definition) is 6. The maximum atomic E-state index is 11.7. The molecule has 0 aliphatic carbocycles. The lowest BCUT2D eigenvalue weighted by molar-refractivity contribution is 0.0996. The summed E-state index contributed by atoms with van der Waals surface area (Å²) >= 11 is 0. The largest absolute Gasteiger partial charge is 0.364 e. The van der Waals surface area contributed by atoms with Gasteiger partial charge in [0.05, 0.1) is 17.4 Å². The molecule has 3 heterocycles. The number of rotatable bonds is 3. The number of carbonyl (C=O) groups is 1. The van der Waals surface area contributed by atoms with E-state index < -0.39 is 21.0 Å². The number of primary amides is 1. The third-order valence-corrected chi connectivity index (χ3v) is 4.74. The molecule has 0 bridgehead atoms. The first kappa shape index (κ1) is 16.1. The number of fused-ring (bicyclic) bond motifs is 3. The van der Waals surface area contributed by atoms with Gasteiger partial charge < -0.3 is 10.7 Å². The lowest BCUT2D eigenvalue weighted by Gasteiger charge is -2.03. The van der Waals surface area contributed by atoms with Crippen molar-refractivity contribution in [2.24, 2.45) is 10.9 Å². The van der Waals surface area contributed by atoms with E-state index in [4.69, 9.17) is 10.9 Å². The van der Waals surface area contributed by atoms with Crippen molar-refractivity contribution in [2.75, 3.05) is 0 Å². The van der Waals surface area contributed by atoms with Gasteiger partial charge in [0.25, 0.3) is 15.9 Å². The summed E-state index contributed by atoms with van der Waals surface area (Å²) in [6.07, 6.45) is 4.75. The molecule has 0 fully saturated rings. The Morgan fingerprint density at radius 1 is 1.12 bits per heavy atom. The maximum Gasteiger partial charge on any atom is 0.269 e. The minimum Gasteiger partial charge on any atom is -0.364 e. The van der Waals surface area contributed by atoms with Gasteiger partial charge in [0, 0.05) is 34.2 Å². The van der Waals surface area contributed by atoms with Crippen LogP contribution in [0, 0.1) is 0 Å². The number of carbonyl (C=O) groups excluding carboxylic acids is 1. The van der Waals surface area contributed by atoms with Crippen LogP contribution in [-0.4, -0.2) is 34.3 Å². The third-order valence-electron chi connectivity index (χ3n) is 3.95. The van der Waals surface area contributed by atoms with Gasteiger partial charge in [-0.25, -0.2) is 18.5 Å². The minimum absolute atomic E-state index is 0.191. The highest BCUT2D eigenvalue weighted by Gasteiger charge is 2.20. The highest BCUT2D eigenvalue weighted by atomic mass is 32.2. The average molecular weight is 368 g/mol. The molecule has 1 aromatic carbocycles. The fourth-order valence-corrected chi connectivity index (χ4v) is 3.30. The van der Waals surface area contributed by atoms with E-state index in [1.165, 1.54) is 6.07 Å². The summed E-state index contributed by atoms with van der Waals surface area (Å²) in [5, 5.41) is 5.90. The Kier molecular flexibility index (Phi) is 3.46. The summed E-state index contributed by atoms with van der Waals surface area (Å²) in [6, 6.07) is 6.76. The molecule has 0 saturated carbocycles. The molecule has 0 spiro atoms. The molecule has 0 saturated heterocycles. The number of aromatic amines is 1. The number of primary sulfonamides is 1. The summed E-state index contributed by atoms with van der Waals surface area (Å²) in [5.74, 6) is -0.860. The number of amides is 1. The van der Waals surface area contributed by atoms with Gasteiger partial charge in [0.15, 0.2) is 10.7 Å². The van der Waals surface area contributed by atoms with Crippen LogP contribution >= 0.6 is 0 Å². The molecule has 0 radical (unpaired) electrons. The second kappa shape index (κ2) is 5.58. The quantitative estimate of drug-likeness (QED) is 0.488. The van der Waals surface area contributed by atoms with E-state index in [-0.39, 0.29) is 5.69 Å². The monoisotopic (exact) mass is 368 g/mol. The van der Waals surface area contributed by atoms with E-state index in [0.29, 0.717) is 27.5 Å². The van der Waals surface area contributed by atoms with Crippen LogP contribution in [-0.2, 0) is 10.0 Å². The molecule has 26 heavy (non-hydrogen) atoms. The predicted molar refractivity (Wildman–Crippen MR) is 94.5 cm³/mol. The smallest absolute Gasteiger partial charge is 0.269 e. The topological polar surface area (TPSA) is 158 Å². The van der Waals surface area contributed by atoms with Crippen molar-refractivity contribution in [3.63, 3.8) is 0 Å². The summed E-state index contributed by atoms with van der Waals surface area (Å²) < 4.78 is 23.5. The first-order chi connectivity index (χ1) is 12.3. The van der Waals surface area contributed by atoms with Crippen LogP contribution in [0.25, 0.3) is 33.1 Å². The molecule has 1 amide bonds. The van der Waals surface area contributed by atoms with E-state index >= 15 is 0 Å². The molecule has 4 rings (SSSR count). The Morgan fingerprint density at radius 2 is 1.92 bits per heavy atom. The van der Waals surface area contributed by atoms with Crippen molar-refractivity contribution in [1.82, 2.24) is 19.9 Å². The lowest BCUT2D eigenvalue weighted by atomic mass is 10.1. The normalized spacial score (nSPS) is 11.9. The van der Waals surface area contributed by atoms with Crippen LogP contribution in [0.3, 0.4) is 0 Å². The van der Waals surface area contributed by atoms with Crippen molar-refractivity contribution in [3.8, 4) is 11.3 Å². The molecular formula is C16H12N6O3S. The van der Waals surface area contributed by atoms with Crippen LogP contribution in [0.15, 0.2) is 47.9 Å². The van der Waals surface area contributed by atoms with Crippen molar-refractivity contribution in [2.45, 2.75) is 5.03 Å². The number of aromatic nitrogens is 4. The Balaban J connectivity index is 2.09. The minimum atomic E-state index is -4.11. The van der Waals surface area contributed by atoms with Crippen molar-refractivity contribution < 1.29 is 13.2 Å². The molecule has 9 nitrogen and oxygen atoms in total. The Morgan fingerprint density at radius 3 is 2.58 bits per heavy atom. The molecule has 0 aliphatic rings. The van der Waals surface area contributed by atoms with E-state index in [1.807, 2.05) is 12.1 Å². The second-order valence-electron chi connectivity index (χ2n) is 5.62. The van der Waals surface area contributed by atoms with Crippen LogP contribution in [0.4, 0.5) is 0 Å². The summed E-state index contributed by atoms with van der Waals surface area (Å²) in [4.78, 5) is 26.9. The van der Waals surface area contributed by atoms with Crippen molar-refractivity contribution >= 4 is 37.7 Å². The molecule has 10 heteroatoms. The molecule has 5 N–H and O–H groups in total. The van der Waals surface area contributed by atoms with E-state index in [9.17, 15) is 13.2 Å². The zero-order valence-electron chi connectivity index (χ0n) is 13.2. The number of benzene rings is 1. The molecule has 0 atom stereocenters. The number of H-pyrrole nitrogens is 1. The molecule has 0 aliphatic heterocycles. The van der Waals surface area contributed by atoms with Crippen LogP contribution in [0.1, 0.15) is 10.5 Å². The van der Waals surface area contributed by atoms with Gasteiger partial charge in [-0.2, -0.15) is 0 Å². The van der Waals surface area contributed by atoms with Crippen molar-refractivity contribution in [3.05, 3.63) is 48.5 Å². The number of pyridine rings is 1. The van der Waals surface area contributed by atoms with Crippen LogP contribution in [0.5, 0.6) is 0 Å². The molecule has 4 aromatic rings. The number of hydrogen-bond donors (Lipinski definition) is 3. The van der Waals surface area contributed by atoms with Gasteiger partial charge in [-0.05, 0) is 18.2 Å². The standard InChI is InChI=1S/C16H12N6O3S/c17-16(23)15-14-10(6-13(22-15)26(18,24)25)9-5-8(1-2-11(9)21-14)12-7-19-3-4-20-12/h1-7,21H,(H2,17,23)(H2,18,24,25). The number of nitrogens with zero attached hydrogens (tertiary/aromatic N) is 3. The Labute approximate surface area is 147 Å². The predicted octanol–water partition coefficient (Wildman–Crippen LogP) is 0.919. The summed E-state index contributed by atoms with van der Waals surface area (Å²) in [7, 11) is -4.11. The molecular weight excluding hydrogens is 356 g/mol. The fourth-order valence-electron chi connectivity index (χ4n) is 2.80. The number of sulfonamides is 1. The van der Waals surface area contributed by atoms with Crippen LogP contribution in [0.2, 0.25) is 0 Å². The first-order valence-electron chi connectivity index (χ1n) is 7.40. The second-order valence-corrected chi connectivity index (χ2v) is 7.13. The van der Waals surface area contributed by atoms with Gasteiger partial charge in [-0.1, -0.05) is 6.07 Å². The fraction of sp³-hybridized carbons (Fsp3) is 0. The van der Waals surface area contributed by atoms with Gasteiger partial charge in [0.2, 0.25) is 0 Å². The molecule has 0 unspecified atom stereocenters. The Hall–Kier alpha value is -3.37. The highest BCUT2D eigenvalue weighted by Crippen LogP contribution is 2.31. The first-order valence-corrected chi connectivity index (χ1v) is 8.95. The lowest BCUT2D eigenvalue weighted by Crippen LogP contribution is -2.19. The van der Waals surface area contributed by atoms with Gasteiger partial charge in [-0.3, -0.25) is 14.8 Å². The summed E-state index contributed by atoms with van der Waals surface area (Å²) in [5.41, 5.74) is 7.63. The van der Waals surface area contributed by atoms with Crippen LogP contribution < -0.4 is 10.9 Å². The molecule has 130 valence electrons. The zero-order chi connectivity index (χ0) is 18.5. The van der Waals surface area contributed by atoms with Gasteiger partial charge >= 0.3 is 0 Å². The number of nitrogens with two attached hydrogens (primary N) is 2. The third kappa shape index (κ3) is 2.57. The highest BCUT2D eigenvalue weighted by molar-refractivity contribution is 7.89. The SMILES string of the molecule is NC(=O)c1nc(S(N)(=O)=O)cc2c1[nH]c1ccc(-c3cnccn3)cc12. The van der Waals surface area contributed by atoms with E-state index in [2.05, 4.69) is 19.9 Å². The zero-order valence-corrected chi connectivity index (χ0v) is 14.0. The number of nitrogens with one attached hydrogen (secondary N) is 1. The Bertz CT molecular complexity index is 1280. The van der Waals surface area contributed by atoms with Gasteiger partial charge in [-0.15, -0.1) is 0 Å². The average Bonchev–Trinajstić information content (AvgIpc) is 2.98. The van der Waals surface area contributed by atoms with Gasteiger partial charge in [0.1, 0.15) is 0 Å².